The molecule has 1 aromatic carbocycles. The van der Waals surface area contributed by atoms with Crippen LogP contribution in [0.4, 0.5) is 0 Å². The third-order valence-electron chi connectivity index (χ3n) is 3.75. The van der Waals surface area contributed by atoms with Crippen LogP contribution in [0, 0.1) is 13.8 Å². The first-order chi connectivity index (χ1) is 8.77. The zero-order valence-electron chi connectivity index (χ0n) is 13.6. The Morgan fingerprint density at radius 3 is 2.11 bits per heavy atom. The van der Waals surface area contributed by atoms with Crippen molar-refractivity contribution < 1.29 is 4.74 Å². The molecule has 0 saturated carbocycles. The van der Waals surface area contributed by atoms with Crippen molar-refractivity contribution >= 4 is 0 Å². The molecule has 0 amide bonds. The number of benzene rings is 1. The maximum atomic E-state index is 5.44. The second-order valence-corrected chi connectivity index (χ2v) is 6.39. The fourth-order valence-electron chi connectivity index (χ4n) is 2.48. The Labute approximate surface area is 118 Å². The van der Waals surface area contributed by atoms with Gasteiger partial charge in [0.05, 0.1) is 7.11 Å². The summed E-state index contributed by atoms with van der Waals surface area (Å²) in [5, 5.41) is 3.50. The molecular weight excluding hydrogens is 234 g/mol. The molecule has 0 unspecified atom stereocenters. The molecule has 1 rings (SSSR count). The fraction of sp³-hybridized carbons (Fsp3) is 0.647. The van der Waals surface area contributed by atoms with Crippen LogP contribution in [0.3, 0.4) is 0 Å². The highest BCUT2D eigenvalue weighted by Crippen LogP contribution is 2.32. The summed E-state index contributed by atoms with van der Waals surface area (Å²) in [6.07, 6.45) is 1.14. The fourth-order valence-corrected chi connectivity index (χ4v) is 2.48. The van der Waals surface area contributed by atoms with E-state index in [0.717, 1.165) is 18.7 Å². The van der Waals surface area contributed by atoms with Gasteiger partial charge in [-0.3, -0.25) is 0 Å². The van der Waals surface area contributed by atoms with E-state index in [-0.39, 0.29) is 5.41 Å². The van der Waals surface area contributed by atoms with E-state index >= 15 is 0 Å². The van der Waals surface area contributed by atoms with Crippen LogP contribution >= 0.6 is 0 Å². The van der Waals surface area contributed by atoms with Crippen molar-refractivity contribution in [1.29, 1.82) is 0 Å². The molecule has 0 aliphatic heterocycles. The highest BCUT2D eigenvalue weighted by Gasteiger charge is 2.22. The lowest BCUT2D eigenvalue weighted by Crippen LogP contribution is -2.29. The van der Waals surface area contributed by atoms with Crippen molar-refractivity contribution in [3.8, 4) is 5.75 Å². The third kappa shape index (κ3) is 4.24. The molecule has 0 aromatic heterocycles. The van der Waals surface area contributed by atoms with E-state index in [1.165, 1.54) is 16.7 Å². The molecule has 1 N–H and O–H groups in total. The van der Waals surface area contributed by atoms with Crippen LogP contribution in [0.15, 0.2) is 12.1 Å². The standard InChI is InChI=1S/C17H29NO/c1-12(2)18-9-8-17(5,6)15-10-13(3)16(19-7)14(4)11-15/h10-12,18H,8-9H2,1-7H3. The Bertz CT molecular complexity index is 398. The van der Waals surface area contributed by atoms with Crippen LogP contribution in [0.25, 0.3) is 0 Å². The molecule has 0 fully saturated rings. The van der Waals surface area contributed by atoms with E-state index in [1.807, 2.05) is 0 Å². The Morgan fingerprint density at radius 1 is 1.16 bits per heavy atom. The van der Waals surface area contributed by atoms with E-state index in [2.05, 4.69) is 59.0 Å². The summed E-state index contributed by atoms with van der Waals surface area (Å²) in [4.78, 5) is 0. The van der Waals surface area contributed by atoms with Crippen molar-refractivity contribution in [2.24, 2.45) is 0 Å². The highest BCUT2D eigenvalue weighted by molar-refractivity contribution is 5.45. The van der Waals surface area contributed by atoms with Gasteiger partial charge in [-0.2, -0.15) is 0 Å². The molecule has 2 nitrogen and oxygen atoms in total. The van der Waals surface area contributed by atoms with Crippen LogP contribution in [-0.4, -0.2) is 19.7 Å². The molecule has 0 saturated heterocycles. The zero-order chi connectivity index (χ0) is 14.6. The maximum absolute atomic E-state index is 5.44. The van der Waals surface area contributed by atoms with Gasteiger partial charge in [-0.15, -0.1) is 0 Å². The summed E-state index contributed by atoms with van der Waals surface area (Å²) in [6.45, 7) is 14.3. The number of hydrogen-bond donors (Lipinski definition) is 1. The van der Waals surface area contributed by atoms with Gasteiger partial charge in [-0.05, 0) is 48.9 Å². The lowest BCUT2D eigenvalue weighted by Gasteiger charge is -2.27. The van der Waals surface area contributed by atoms with E-state index in [1.54, 1.807) is 7.11 Å². The second-order valence-electron chi connectivity index (χ2n) is 6.39. The average Bonchev–Trinajstić information content (AvgIpc) is 2.27. The van der Waals surface area contributed by atoms with Crippen LogP contribution in [0.1, 0.15) is 50.8 Å². The lowest BCUT2D eigenvalue weighted by molar-refractivity contribution is 0.406. The van der Waals surface area contributed by atoms with Gasteiger partial charge in [0.15, 0.2) is 0 Å². The van der Waals surface area contributed by atoms with Gasteiger partial charge in [0.1, 0.15) is 5.75 Å². The van der Waals surface area contributed by atoms with E-state index < -0.39 is 0 Å². The lowest BCUT2D eigenvalue weighted by atomic mass is 9.80. The smallest absolute Gasteiger partial charge is 0.124 e. The summed E-state index contributed by atoms with van der Waals surface area (Å²) in [5.41, 5.74) is 4.03. The molecule has 19 heavy (non-hydrogen) atoms. The highest BCUT2D eigenvalue weighted by atomic mass is 16.5. The molecule has 0 aliphatic carbocycles. The van der Waals surface area contributed by atoms with E-state index in [4.69, 9.17) is 4.74 Å². The summed E-state index contributed by atoms with van der Waals surface area (Å²) >= 11 is 0. The van der Waals surface area contributed by atoms with Gasteiger partial charge in [-0.1, -0.05) is 39.8 Å². The summed E-state index contributed by atoms with van der Waals surface area (Å²) in [5.74, 6) is 1.01. The topological polar surface area (TPSA) is 21.3 Å². The Balaban J connectivity index is 2.89. The monoisotopic (exact) mass is 263 g/mol. The normalized spacial score (nSPS) is 12.0. The van der Waals surface area contributed by atoms with Gasteiger partial charge in [0.2, 0.25) is 0 Å². The minimum absolute atomic E-state index is 0.184. The van der Waals surface area contributed by atoms with E-state index in [9.17, 15) is 0 Å². The van der Waals surface area contributed by atoms with Crippen LogP contribution in [0.5, 0.6) is 5.75 Å². The molecular formula is C17H29NO. The summed E-state index contributed by atoms with van der Waals surface area (Å²) in [6, 6.07) is 5.08. The Hall–Kier alpha value is -1.02. The number of hydrogen-bond acceptors (Lipinski definition) is 2. The molecule has 1 aromatic rings. The number of aryl methyl sites for hydroxylation is 2. The summed E-state index contributed by atoms with van der Waals surface area (Å²) < 4.78 is 5.44. The van der Waals surface area contributed by atoms with Crippen LogP contribution < -0.4 is 10.1 Å². The van der Waals surface area contributed by atoms with Crippen LogP contribution in [0.2, 0.25) is 0 Å². The maximum Gasteiger partial charge on any atom is 0.124 e. The van der Waals surface area contributed by atoms with Crippen molar-refractivity contribution in [2.75, 3.05) is 13.7 Å². The minimum atomic E-state index is 0.184. The molecule has 2 heteroatoms. The predicted molar refractivity (Wildman–Crippen MR) is 83.2 cm³/mol. The van der Waals surface area contributed by atoms with Gasteiger partial charge in [0, 0.05) is 6.04 Å². The quantitative estimate of drug-likeness (QED) is 0.838. The molecule has 0 heterocycles. The van der Waals surface area contributed by atoms with Gasteiger partial charge in [-0.25, -0.2) is 0 Å². The Kier molecular flexibility index (Phi) is 5.42. The first-order valence-electron chi connectivity index (χ1n) is 7.17. The van der Waals surface area contributed by atoms with Gasteiger partial charge in [0.25, 0.3) is 0 Å². The number of nitrogens with one attached hydrogen (secondary N) is 1. The molecule has 0 bridgehead atoms. The van der Waals surface area contributed by atoms with Crippen molar-refractivity contribution in [2.45, 2.75) is 59.4 Å². The molecule has 108 valence electrons. The number of rotatable bonds is 6. The van der Waals surface area contributed by atoms with E-state index in [0.29, 0.717) is 6.04 Å². The van der Waals surface area contributed by atoms with Crippen molar-refractivity contribution in [3.05, 3.63) is 28.8 Å². The average molecular weight is 263 g/mol. The van der Waals surface area contributed by atoms with Crippen LogP contribution in [-0.2, 0) is 5.41 Å². The van der Waals surface area contributed by atoms with Crippen molar-refractivity contribution in [1.82, 2.24) is 5.32 Å². The third-order valence-corrected chi connectivity index (χ3v) is 3.75. The van der Waals surface area contributed by atoms with Crippen molar-refractivity contribution in [3.63, 3.8) is 0 Å². The first-order valence-corrected chi connectivity index (χ1v) is 7.17. The second kappa shape index (κ2) is 6.42. The number of ether oxygens (including phenoxy) is 1. The number of methoxy groups -OCH3 is 1. The zero-order valence-corrected chi connectivity index (χ0v) is 13.6. The summed E-state index contributed by atoms with van der Waals surface area (Å²) in [7, 11) is 1.74. The predicted octanol–water partition coefficient (Wildman–Crippen LogP) is 3.98. The van der Waals surface area contributed by atoms with Gasteiger partial charge < -0.3 is 10.1 Å². The van der Waals surface area contributed by atoms with Gasteiger partial charge >= 0.3 is 0 Å². The first kappa shape index (κ1) is 16.0. The largest absolute Gasteiger partial charge is 0.496 e. The molecule has 0 atom stereocenters. The molecule has 0 aliphatic rings. The molecule has 0 spiro atoms. The minimum Gasteiger partial charge on any atom is -0.496 e. The molecule has 0 radical (unpaired) electrons. The SMILES string of the molecule is COc1c(C)cc(C(C)(C)CCNC(C)C)cc1C. The Morgan fingerprint density at radius 2 is 1.68 bits per heavy atom.